The fourth-order valence-corrected chi connectivity index (χ4v) is 4.01. The molecule has 150 valence electrons. The van der Waals surface area contributed by atoms with Crippen LogP contribution in [0.5, 0.6) is 0 Å². The number of anilines is 1. The van der Waals surface area contributed by atoms with E-state index in [4.69, 9.17) is 0 Å². The van der Waals surface area contributed by atoms with E-state index in [1.807, 2.05) is 42.2 Å². The van der Waals surface area contributed by atoms with Crippen LogP contribution in [-0.4, -0.2) is 46.8 Å². The highest BCUT2D eigenvalue weighted by molar-refractivity contribution is 5.93. The molecule has 0 bridgehead atoms. The minimum Gasteiger partial charge on any atom is -0.368 e. The van der Waals surface area contributed by atoms with Gasteiger partial charge in [-0.1, -0.05) is 35.4 Å². The van der Waals surface area contributed by atoms with Gasteiger partial charge in [0.15, 0.2) is 0 Å². The molecular formula is C24H28N4O. The van der Waals surface area contributed by atoms with Crippen molar-refractivity contribution in [2.45, 2.75) is 27.7 Å². The van der Waals surface area contributed by atoms with E-state index < -0.39 is 0 Å². The number of rotatable bonds is 3. The van der Waals surface area contributed by atoms with Crippen LogP contribution in [0.15, 0.2) is 48.5 Å². The molecule has 4 rings (SSSR count). The first-order chi connectivity index (χ1) is 13.9. The van der Waals surface area contributed by atoms with E-state index in [0.717, 1.165) is 24.5 Å². The van der Waals surface area contributed by atoms with Crippen molar-refractivity contribution in [3.8, 4) is 5.69 Å². The maximum Gasteiger partial charge on any atom is 0.272 e. The van der Waals surface area contributed by atoms with Crippen molar-refractivity contribution in [3.05, 3.63) is 76.6 Å². The quantitative estimate of drug-likeness (QED) is 0.679. The molecule has 1 saturated heterocycles. The number of amides is 1. The number of piperazine rings is 1. The number of hydrogen-bond acceptors (Lipinski definition) is 3. The molecular weight excluding hydrogens is 360 g/mol. The molecule has 5 nitrogen and oxygen atoms in total. The first kappa shape index (κ1) is 19.2. The van der Waals surface area contributed by atoms with Gasteiger partial charge in [-0.2, -0.15) is 5.10 Å². The van der Waals surface area contributed by atoms with Crippen LogP contribution in [-0.2, 0) is 0 Å². The van der Waals surface area contributed by atoms with Gasteiger partial charge in [0, 0.05) is 31.9 Å². The summed E-state index contributed by atoms with van der Waals surface area (Å²) in [5.74, 6) is 0.0476. The second-order valence-corrected chi connectivity index (χ2v) is 7.99. The number of aryl methyl sites for hydroxylation is 4. The molecule has 0 radical (unpaired) electrons. The Morgan fingerprint density at radius 2 is 1.48 bits per heavy atom. The van der Waals surface area contributed by atoms with Crippen molar-refractivity contribution in [3.63, 3.8) is 0 Å². The Kier molecular flexibility index (Phi) is 5.14. The van der Waals surface area contributed by atoms with Crippen molar-refractivity contribution >= 4 is 11.6 Å². The zero-order valence-electron chi connectivity index (χ0n) is 17.6. The highest BCUT2D eigenvalue weighted by Crippen LogP contribution is 2.23. The lowest BCUT2D eigenvalue weighted by atomic mass is 10.1. The first-order valence-corrected chi connectivity index (χ1v) is 10.2. The predicted molar refractivity (Wildman–Crippen MR) is 117 cm³/mol. The molecule has 5 heteroatoms. The van der Waals surface area contributed by atoms with E-state index in [1.54, 1.807) is 4.68 Å². The van der Waals surface area contributed by atoms with Gasteiger partial charge < -0.3 is 9.80 Å². The van der Waals surface area contributed by atoms with Crippen molar-refractivity contribution < 1.29 is 4.79 Å². The van der Waals surface area contributed by atoms with Gasteiger partial charge in [0.2, 0.25) is 0 Å². The van der Waals surface area contributed by atoms with Crippen LogP contribution < -0.4 is 4.90 Å². The lowest BCUT2D eigenvalue weighted by Gasteiger charge is -2.36. The number of carbonyl (C=O) groups is 1. The standard InChI is InChI=1S/C24H28N4O/c1-17-5-8-21(9-6-17)28-23(16-20(4)25-28)24(29)27-13-11-26(12-14-27)22-10-7-18(2)15-19(22)3/h5-10,15-16H,11-14H2,1-4H3. The third-order valence-corrected chi connectivity index (χ3v) is 5.59. The van der Waals surface area contributed by atoms with Crippen LogP contribution in [0.1, 0.15) is 32.9 Å². The smallest absolute Gasteiger partial charge is 0.272 e. The van der Waals surface area contributed by atoms with Crippen LogP contribution in [0.25, 0.3) is 5.69 Å². The second-order valence-electron chi connectivity index (χ2n) is 7.99. The summed E-state index contributed by atoms with van der Waals surface area (Å²) in [5.41, 5.74) is 7.42. The molecule has 0 spiro atoms. The number of hydrogen-bond donors (Lipinski definition) is 0. The summed E-state index contributed by atoms with van der Waals surface area (Å²) in [6.07, 6.45) is 0. The molecule has 0 atom stereocenters. The molecule has 0 saturated carbocycles. The average Bonchev–Trinajstić information content (AvgIpc) is 3.10. The Labute approximate surface area is 172 Å². The molecule has 1 amide bonds. The van der Waals surface area contributed by atoms with Gasteiger partial charge in [0.25, 0.3) is 5.91 Å². The van der Waals surface area contributed by atoms with Crippen LogP contribution >= 0.6 is 0 Å². The number of carbonyl (C=O) groups excluding carboxylic acids is 1. The summed E-state index contributed by atoms with van der Waals surface area (Å²) in [4.78, 5) is 17.6. The molecule has 29 heavy (non-hydrogen) atoms. The molecule has 1 aromatic heterocycles. The van der Waals surface area contributed by atoms with E-state index in [2.05, 4.69) is 49.0 Å². The fraction of sp³-hybridized carbons (Fsp3) is 0.333. The molecule has 3 aromatic rings. The topological polar surface area (TPSA) is 41.4 Å². The van der Waals surface area contributed by atoms with E-state index >= 15 is 0 Å². The Hall–Kier alpha value is -3.08. The van der Waals surface area contributed by atoms with Crippen molar-refractivity contribution in [2.24, 2.45) is 0 Å². The summed E-state index contributed by atoms with van der Waals surface area (Å²) in [7, 11) is 0. The normalized spacial score (nSPS) is 14.3. The van der Waals surface area contributed by atoms with Crippen LogP contribution in [0.3, 0.4) is 0 Å². The summed E-state index contributed by atoms with van der Waals surface area (Å²) in [6.45, 7) is 11.4. The van der Waals surface area contributed by atoms with Crippen molar-refractivity contribution in [1.29, 1.82) is 0 Å². The highest BCUT2D eigenvalue weighted by atomic mass is 16.2. The molecule has 2 heterocycles. The molecule has 1 fully saturated rings. The third-order valence-electron chi connectivity index (χ3n) is 5.59. The lowest BCUT2D eigenvalue weighted by Crippen LogP contribution is -2.49. The number of aromatic nitrogens is 2. The van der Waals surface area contributed by atoms with Gasteiger partial charge in [-0.05, 0) is 57.5 Å². The Bertz CT molecular complexity index is 1030. The molecule has 2 aromatic carbocycles. The molecule has 1 aliphatic rings. The summed E-state index contributed by atoms with van der Waals surface area (Å²) in [6, 6.07) is 16.6. The molecule has 1 aliphatic heterocycles. The zero-order valence-corrected chi connectivity index (χ0v) is 17.6. The average molecular weight is 389 g/mol. The Balaban J connectivity index is 1.51. The van der Waals surface area contributed by atoms with Gasteiger partial charge in [0.1, 0.15) is 5.69 Å². The van der Waals surface area contributed by atoms with Crippen LogP contribution in [0.2, 0.25) is 0 Å². The zero-order chi connectivity index (χ0) is 20.5. The fourth-order valence-electron chi connectivity index (χ4n) is 4.01. The molecule has 0 N–H and O–H groups in total. The van der Waals surface area contributed by atoms with E-state index in [1.165, 1.54) is 22.4 Å². The predicted octanol–water partition coefficient (Wildman–Crippen LogP) is 4.07. The lowest BCUT2D eigenvalue weighted by molar-refractivity contribution is 0.0737. The summed E-state index contributed by atoms with van der Waals surface area (Å²) >= 11 is 0. The van der Waals surface area contributed by atoms with E-state index in [0.29, 0.717) is 18.8 Å². The van der Waals surface area contributed by atoms with Crippen molar-refractivity contribution in [2.75, 3.05) is 31.1 Å². The van der Waals surface area contributed by atoms with Gasteiger partial charge in [-0.3, -0.25) is 4.79 Å². The number of benzene rings is 2. The molecule has 0 unspecified atom stereocenters. The van der Waals surface area contributed by atoms with E-state index in [9.17, 15) is 4.79 Å². The van der Waals surface area contributed by atoms with Crippen LogP contribution in [0.4, 0.5) is 5.69 Å². The minimum absolute atomic E-state index is 0.0476. The third kappa shape index (κ3) is 3.90. The Morgan fingerprint density at radius 3 is 2.14 bits per heavy atom. The SMILES string of the molecule is Cc1ccc(-n2nc(C)cc2C(=O)N2CCN(c3ccc(C)cc3C)CC2)cc1. The maximum absolute atomic E-state index is 13.3. The largest absolute Gasteiger partial charge is 0.368 e. The molecule has 0 aliphatic carbocycles. The van der Waals surface area contributed by atoms with Crippen molar-refractivity contribution in [1.82, 2.24) is 14.7 Å². The van der Waals surface area contributed by atoms with Crippen LogP contribution in [0, 0.1) is 27.7 Å². The van der Waals surface area contributed by atoms with Gasteiger partial charge >= 0.3 is 0 Å². The Morgan fingerprint density at radius 1 is 0.828 bits per heavy atom. The minimum atomic E-state index is 0.0476. The highest BCUT2D eigenvalue weighted by Gasteiger charge is 2.26. The van der Waals surface area contributed by atoms with Gasteiger partial charge in [0.05, 0.1) is 11.4 Å². The maximum atomic E-state index is 13.3. The second kappa shape index (κ2) is 7.74. The first-order valence-electron chi connectivity index (χ1n) is 10.2. The van der Waals surface area contributed by atoms with Gasteiger partial charge in [-0.15, -0.1) is 0 Å². The number of nitrogens with zero attached hydrogens (tertiary/aromatic N) is 4. The van der Waals surface area contributed by atoms with Gasteiger partial charge in [-0.25, -0.2) is 4.68 Å². The summed E-state index contributed by atoms with van der Waals surface area (Å²) < 4.78 is 1.77. The monoisotopic (exact) mass is 388 g/mol. The van der Waals surface area contributed by atoms with E-state index in [-0.39, 0.29) is 5.91 Å². The summed E-state index contributed by atoms with van der Waals surface area (Å²) in [5, 5.41) is 4.57.